The summed E-state index contributed by atoms with van der Waals surface area (Å²) < 4.78 is 26.4. The molecule has 3 saturated heterocycles. The van der Waals surface area contributed by atoms with Gasteiger partial charge in [0.05, 0.1) is 41.9 Å². The van der Waals surface area contributed by atoms with Crippen LogP contribution >= 0.6 is 0 Å². The van der Waals surface area contributed by atoms with Gasteiger partial charge in [0.1, 0.15) is 48.2 Å². The number of fused-ring (bicyclic) bond motifs is 3. The van der Waals surface area contributed by atoms with Crippen molar-refractivity contribution in [1.82, 2.24) is 31.0 Å². The lowest BCUT2D eigenvalue weighted by Crippen LogP contribution is -2.86. The van der Waals surface area contributed by atoms with E-state index in [1.807, 2.05) is 32.0 Å². The molecule has 3 aromatic carbocycles. The number of aliphatic hydroxyl groups is 7. The summed E-state index contributed by atoms with van der Waals surface area (Å²) in [5.74, 6) is -4.16. The number of carboxylic acid groups (broad SMARTS) is 1. The van der Waals surface area contributed by atoms with Crippen LogP contribution in [-0.4, -0.2) is 185 Å². The van der Waals surface area contributed by atoms with Crippen LogP contribution < -0.4 is 42.0 Å². The third-order valence-electron chi connectivity index (χ3n) is 15.7. The number of aldehydes is 1. The minimum Gasteiger partial charge on any atom is -0.508 e. The van der Waals surface area contributed by atoms with Crippen LogP contribution in [0.3, 0.4) is 0 Å². The van der Waals surface area contributed by atoms with Crippen LogP contribution in [0.5, 0.6) is 11.5 Å². The molecule has 446 valence electrons. The summed E-state index contributed by atoms with van der Waals surface area (Å²) in [6.07, 6.45) is -4.62. The first kappa shape index (κ1) is 60.1. The van der Waals surface area contributed by atoms with Crippen molar-refractivity contribution in [2.75, 3.05) is 39.5 Å². The number of nitrogens with zero attached hydrogens (tertiary/aromatic N) is 2. The van der Waals surface area contributed by atoms with Crippen molar-refractivity contribution in [3.8, 4) is 33.9 Å². The number of rotatable bonds is 23. The van der Waals surface area contributed by atoms with E-state index in [2.05, 4.69) is 31.2 Å². The lowest BCUT2D eigenvalue weighted by atomic mass is 9.66. The summed E-state index contributed by atoms with van der Waals surface area (Å²) >= 11 is 0. The number of aryl methyl sites for hydroxylation is 2. The molecule has 0 saturated carbocycles. The minimum atomic E-state index is -3.46. The normalized spacial score (nSPS) is 26.1. The molecular formula is C57H70N8O18. The van der Waals surface area contributed by atoms with E-state index in [4.69, 9.17) is 29.2 Å². The average molecular weight is 1160 g/mol. The van der Waals surface area contributed by atoms with Crippen LogP contribution in [0.2, 0.25) is 0 Å². The maximum Gasteiger partial charge on any atom is 0.337 e. The fourth-order valence-corrected chi connectivity index (χ4v) is 11.6. The fourth-order valence-electron chi connectivity index (χ4n) is 11.6. The van der Waals surface area contributed by atoms with Gasteiger partial charge in [-0.1, -0.05) is 29.3 Å². The summed E-state index contributed by atoms with van der Waals surface area (Å²) in [4.78, 5) is 67.0. The maximum absolute atomic E-state index is 14.4. The zero-order valence-electron chi connectivity index (χ0n) is 45.5. The molecule has 12 atom stereocenters. The van der Waals surface area contributed by atoms with Gasteiger partial charge in [0, 0.05) is 67.8 Å². The number of esters is 1. The van der Waals surface area contributed by atoms with E-state index in [9.17, 15) is 65.1 Å². The van der Waals surface area contributed by atoms with Gasteiger partial charge in [0.25, 0.3) is 0 Å². The molecule has 9 rings (SSSR count). The highest BCUT2D eigenvalue weighted by atomic mass is 16.8. The standard InChI is InChI=1S/C57H70N8O18/c1-30-19-31(2)21-35(20-30)47-45-34(14-16-60-45)26-65(47)83-49-52(80-38-12-13-39-42(22-38)79-27-40(48(39)73)32-7-10-37(70)11-8-32)81-53(55(77,28-68)57(49,78)43(71)5-3-17-66)56(29-69,82-51(76)46(50(74)75)59-15-4-18-67)64-54(58)62-25-36-9-6-33-24-61-44(72)23-41(33)63-36/h7-8,10-14,16,18-22,26-27,33,36,41,43-44,46,49,52-53,59-61,63,66,68-72,77-78H,3-6,9,15,17,23-25,28-29H2,1-2H3,(H,74,75)(H3,58,62,64)/t33-,36+,41+,43-,44-,46-,49-,52+,53-,55+,56-,57+/m1/s1. The molecule has 0 amide bonds. The molecule has 0 bridgehead atoms. The Balaban J connectivity index is 1.21. The van der Waals surface area contributed by atoms with E-state index in [0.29, 0.717) is 53.4 Å². The summed E-state index contributed by atoms with van der Waals surface area (Å²) in [5, 5.41) is 116. The molecule has 0 unspecified atom stereocenters. The Morgan fingerprint density at radius 3 is 2.49 bits per heavy atom. The number of H-pyrrole nitrogens is 1. The molecule has 26 heteroatoms. The first-order valence-corrected chi connectivity index (χ1v) is 27.2. The number of aromatic amines is 1. The summed E-state index contributed by atoms with van der Waals surface area (Å²) in [6.45, 7) is 0.150. The number of aromatic nitrogens is 2. The van der Waals surface area contributed by atoms with Crippen LogP contribution in [0.1, 0.15) is 49.7 Å². The van der Waals surface area contributed by atoms with Crippen LogP contribution in [0.25, 0.3) is 44.3 Å². The van der Waals surface area contributed by atoms with Gasteiger partial charge in [-0.3, -0.25) is 20.4 Å². The number of phenolic OH excluding ortho intramolecular Hbond substituents is 1. The largest absolute Gasteiger partial charge is 0.508 e. The van der Waals surface area contributed by atoms with E-state index in [0.717, 1.165) is 17.5 Å². The van der Waals surface area contributed by atoms with Crippen molar-refractivity contribution in [3.63, 3.8) is 0 Å². The van der Waals surface area contributed by atoms with Gasteiger partial charge in [-0.2, -0.15) is 4.73 Å². The number of piperidine rings is 2. The van der Waals surface area contributed by atoms with Gasteiger partial charge < -0.3 is 95.6 Å². The van der Waals surface area contributed by atoms with Crippen molar-refractivity contribution in [2.24, 2.45) is 16.6 Å². The Labute approximate surface area is 474 Å². The molecular weight excluding hydrogens is 1080 g/mol. The summed E-state index contributed by atoms with van der Waals surface area (Å²) in [5.41, 5.74) is -0.184. The summed E-state index contributed by atoms with van der Waals surface area (Å²) in [6, 6.07) is 14.4. The molecule has 3 fully saturated rings. The number of aliphatic carboxylic acids is 1. The highest BCUT2D eigenvalue weighted by Crippen LogP contribution is 2.47. The Bertz CT molecular complexity index is 3350. The topological polar surface area (TPSA) is 408 Å². The van der Waals surface area contributed by atoms with Gasteiger partial charge in [0.2, 0.25) is 24.2 Å². The number of aliphatic hydroxyl groups excluding tert-OH is 5. The second kappa shape index (κ2) is 25.2. The second-order valence-corrected chi connectivity index (χ2v) is 21.5. The molecule has 0 aliphatic carbocycles. The number of carbonyl (C=O) groups is 3. The smallest absolute Gasteiger partial charge is 0.337 e. The van der Waals surface area contributed by atoms with Crippen molar-refractivity contribution in [1.29, 1.82) is 0 Å². The van der Waals surface area contributed by atoms with Gasteiger partial charge in [-0.25, -0.2) is 9.59 Å². The number of nitrogens with one attached hydrogen (secondary N) is 5. The molecule has 3 aromatic heterocycles. The molecule has 0 spiro atoms. The first-order valence-electron chi connectivity index (χ1n) is 27.2. The van der Waals surface area contributed by atoms with Crippen molar-refractivity contribution >= 4 is 46.1 Å². The van der Waals surface area contributed by atoms with E-state index in [-0.39, 0.29) is 72.0 Å². The van der Waals surface area contributed by atoms with Crippen LogP contribution in [0, 0.1) is 19.8 Å². The van der Waals surface area contributed by atoms with E-state index < -0.39 is 103 Å². The number of benzene rings is 3. The number of carboxylic acids is 1. The zero-order chi connectivity index (χ0) is 59.4. The Morgan fingerprint density at radius 2 is 1.80 bits per heavy atom. The van der Waals surface area contributed by atoms with Crippen LogP contribution in [0.4, 0.5) is 0 Å². The van der Waals surface area contributed by atoms with Crippen molar-refractivity contribution in [2.45, 2.75) is 118 Å². The van der Waals surface area contributed by atoms with Crippen LogP contribution in [-0.2, 0) is 23.9 Å². The number of ether oxygens (including phenoxy) is 3. The maximum atomic E-state index is 14.4. The lowest BCUT2D eigenvalue weighted by Gasteiger charge is -2.59. The Hall–Kier alpha value is -7.47. The SMILES string of the molecule is Cc1cc(C)cc(-c2c3[nH]ccc3cn2O[C@@H]2[C@@H](Oc3ccc4c(=O)c(-c5ccc(O)cc5)coc4c3)O[C@@H]([C@](CO)(NC(N)=NC[C@@H]3CC[C@@H]4CN[C@H](O)C[C@@H]4N3)OC(=O)[C@H](NCCC=O)C(=O)O)[C@@](O)(CO)[C@]2(O)[C@H](O)CCCO)c1. The first-order chi connectivity index (χ1) is 39.8. The lowest BCUT2D eigenvalue weighted by molar-refractivity contribution is -0.400. The predicted molar refractivity (Wildman–Crippen MR) is 297 cm³/mol. The van der Waals surface area contributed by atoms with E-state index >= 15 is 0 Å². The molecule has 83 heavy (non-hydrogen) atoms. The number of aliphatic imine (C=N–C) groups is 1. The molecule has 16 N–H and O–H groups in total. The molecule has 6 aromatic rings. The van der Waals surface area contributed by atoms with Crippen LogP contribution in [0.15, 0.2) is 99.6 Å². The van der Waals surface area contributed by atoms with Crippen molar-refractivity contribution < 1.29 is 83.8 Å². The quantitative estimate of drug-likeness (QED) is 0.00747. The van der Waals surface area contributed by atoms with E-state index in [1.165, 1.54) is 59.7 Å². The minimum absolute atomic E-state index is 0.0316. The van der Waals surface area contributed by atoms with E-state index in [1.54, 1.807) is 12.3 Å². The molecule has 6 heterocycles. The van der Waals surface area contributed by atoms with Gasteiger partial charge in [0.15, 0.2) is 28.7 Å². The van der Waals surface area contributed by atoms with Gasteiger partial charge in [-0.05, 0) is 93.5 Å². The number of aromatic hydroxyl groups is 1. The third-order valence-corrected chi connectivity index (χ3v) is 15.7. The monoisotopic (exact) mass is 1150 g/mol. The highest BCUT2D eigenvalue weighted by molar-refractivity contribution is 5.98. The van der Waals surface area contributed by atoms with Gasteiger partial charge in [-0.15, -0.1) is 0 Å². The number of carbonyl (C=O) groups excluding carboxylic acids is 2. The van der Waals surface area contributed by atoms with Gasteiger partial charge >= 0.3 is 11.9 Å². The number of phenols is 1. The Morgan fingerprint density at radius 1 is 1.04 bits per heavy atom. The fraction of sp³-hybridized carbons (Fsp3) is 0.456. The second-order valence-electron chi connectivity index (χ2n) is 21.5. The predicted octanol–water partition coefficient (Wildman–Crippen LogP) is -0.262. The number of guanidine groups is 1. The number of hydrogen-bond acceptors (Lipinski definition) is 21. The average Bonchev–Trinajstić information content (AvgIpc) is 0.884. The molecule has 26 nitrogen and oxygen atoms in total. The molecule has 0 radical (unpaired) electrons. The Kier molecular flexibility index (Phi) is 18.2. The third kappa shape index (κ3) is 12.2. The molecule has 3 aliphatic heterocycles. The summed E-state index contributed by atoms with van der Waals surface area (Å²) in [7, 11) is 0. The number of hydrogen-bond donors (Lipinski definition) is 15. The zero-order valence-corrected chi connectivity index (χ0v) is 45.5. The van der Waals surface area contributed by atoms with Crippen molar-refractivity contribution in [3.05, 3.63) is 107 Å². The number of nitrogens with two attached hydrogens (primary N) is 1. The molecule has 3 aliphatic rings. The highest BCUT2D eigenvalue weighted by Gasteiger charge is 2.75.